The first-order valence-electron chi connectivity index (χ1n) is 9.45. The first kappa shape index (κ1) is 19.8. The number of aryl methyl sites for hydroxylation is 2. The van der Waals surface area contributed by atoms with Gasteiger partial charge in [0.25, 0.3) is 5.91 Å². The van der Waals surface area contributed by atoms with Crippen LogP contribution in [-0.4, -0.2) is 21.9 Å². The van der Waals surface area contributed by atoms with E-state index in [2.05, 4.69) is 31.3 Å². The SMILES string of the molecule is Cc1cccc(C)c1Nc1c(-c2cc(Cl)ccc2OCC(N)=O)nc2ccccn12. The van der Waals surface area contributed by atoms with E-state index in [0.717, 1.165) is 28.3 Å². The monoisotopic (exact) mass is 420 g/mol. The predicted molar refractivity (Wildman–Crippen MR) is 120 cm³/mol. The minimum atomic E-state index is -0.556. The van der Waals surface area contributed by atoms with E-state index in [1.807, 2.05) is 34.9 Å². The van der Waals surface area contributed by atoms with Gasteiger partial charge < -0.3 is 15.8 Å². The number of pyridine rings is 1. The minimum Gasteiger partial charge on any atom is -0.483 e. The number of anilines is 2. The van der Waals surface area contributed by atoms with Gasteiger partial charge in [-0.25, -0.2) is 4.98 Å². The molecule has 4 rings (SSSR count). The average molecular weight is 421 g/mol. The molecule has 0 fully saturated rings. The normalized spacial score (nSPS) is 10.9. The summed E-state index contributed by atoms with van der Waals surface area (Å²) < 4.78 is 7.62. The fourth-order valence-electron chi connectivity index (χ4n) is 3.40. The van der Waals surface area contributed by atoms with Crippen molar-refractivity contribution in [3.05, 3.63) is 76.9 Å². The average Bonchev–Trinajstić information content (AvgIpc) is 3.08. The molecule has 6 nitrogen and oxygen atoms in total. The van der Waals surface area contributed by atoms with Crippen molar-refractivity contribution >= 4 is 34.7 Å². The molecule has 0 aliphatic rings. The molecule has 1 amide bonds. The Kier molecular flexibility index (Phi) is 5.33. The van der Waals surface area contributed by atoms with Crippen molar-refractivity contribution in [2.24, 2.45) is 5.73 Å². The lowest BCUT2D eigenvalue weighted by atomic mass is 10.1. The largest absolute Gasteiger partial charge is 0.483 e. The first-order valence-corrected chi connectivity index (χ1v) is 9.83. The van der Waals surface area contributed by atoms with Crippen molar-refractivity contribution in [3.8, 4) is 17.0 Å². The van der Waals surface area contributed by atoms with Crippen LogP contribution in [0.4, 0.5) is 11.5 Å². The molecule has 30 heavy (non-hydrogen) atoms. The number of primary amides is 1. The van der Waals surface area contributed by atoms with E-state index in [4.69, 9.17) is 27.1 Å². The highest BCUT2D eigenvalue weighted by Crippen LogP contribution is 2.39. The zero-order chi connectivity index (χ0) is 21.3. The second-order valence-corrected chi connectivity index (χ2v) is 7.46. The smallest absolute Gasteiger partial charge is 0.255 e. The quantitative estimate of drug-likeness (QED) is 0.465. The molecule has 2 aromatic carbocycles. The van der Waals surface area contributed by atoms with Crippen LogP contribution >= 0.6 is 11.6 Å². The maximum absolute atomic E-state index is 11.3. The van der Waals surface area contributed by atoms with E-state index < -0.39 is 5.91 Å². The number of ether oxygens (including phenoxy) is 1. The zero-order valence-corrected chi connectivity index (χ0v) is 17.4. The van der Waals surface area contributed by atoms with Gasteiger partial charge in [-0.15, -0.1) is 0 Å². The van der Waals surface area contributed by atoms with E-state index in [-0.39, 0.29) is 6.61 Å². The van der Waals surface area contributed by atoms with Crippen LogP contribution in [-0.2, 0) is 4.79 Å². The first-order chi connectivity index (χ1) is 14.4. The molecule has 2 heterocycles. The van der Waals surface area contributed by atoms with E-state index >= 15 is 0 Å². The van der Waals surface area contributed by atoms with Crippen molar-refractivity contribution in [1.82, 2.24) is 9.38 Å². The van der Waals surface area contributed by atoms with Crippen LogP contribution in [0.5, 0.6) is 5.75 Å². The summed E-state index contributed by atoms with van der Waals surface area (Å²) in [6.45, 7) is 3.87. The van der Waals surface area contributed by atoms with Crippen molar-refractivity contribution in [1.29, 1.82) is 0 Å². The summed E-state index contributed by atoms with van der Waals surface area (Å²) in [6.07, 6.45) is 1.94. The lowest BCUT2D eigenvalue weighted by Crippen LogP contribution is -2.20. The molecule has 3 N–H and O–H groups in total. The molecule has 0 saturated carbocycles. The number of carbonyl (C=O) groups excluding carboxylic acids is 1. The second-order valence-electron chi connectivity index (χ2n) is 7.03. The van der Waals surface area contributed by atoms with E-state index in [9.17, 15) is 4.79 Å². The van der Waals surface area contributed by atoms with Crippen molar-refractivity contribution in [2.75, 3.05) is 11.9 Å². The van der Waals surface area contributed by atoms with Crippen LogP contribution in [0.15, 0.2) is 60.8 Å². The Balaban J connectivity index is 1.91. The Bertz CT molecular complexity index is 1230. The molecule has 0 aliphatic heterocycles. The third-order valence-corrected chi connectivity index (χ3v) is 5.06. The zero-order valence-electron chi connectivity index (χ0n) is 16.6. The van der Waals surface area contributed by atoms with Gasteiger partial charge in [0.05, 0.1) is 0 Å². The van der Waals surface area contributed by atoms with Gasteiger partial charge >= 0.3 is 0 Å². The Morgan fingerprint density at radius 2 is 1.90 bits per heavy atom. The summed E-state index contributed by atoms with van der Waals surface area (Å²) in [4.78, 5) is 16.1. The number of fused-ring (bicyclic) bond motifs is 1. The molecule has 4 aromatic rings. The van der Waals surface area contributed by atoms with Crippen molar-refractivity contribution in [2.45, 2.75) is 13.8 Å². The van der Waals surface area contributed by atoms with Crippen LogP contribution in [0.2, 0.25) is 5.02 Å². The molecule has 0 bridgehead atoms. The van der Waals surface area contributed by atoms with Gasteiger partial charge in [0, 0.05) is 22.5 Å². The van der Waals surface area contributed by atoms with Gasteiger partial charge in [-0.1, -0.05) is 35.9 Å². The summed E-state index contributed by atoms with van der Waals surface area (Å²) >= 11 is 6.29. The van der Waals surface area contributed by atoms with Crippen LogP contribution in [0.1, 0.15) is 11.1 Å². The number of imidazole rings is 1. The van der Waals surface area contributed by atoms with E-state index in [1.54, 1.807) is 18.2 Å². The fraction of sp³-hybridized carbons (Fsp3) is 0.130. The molecule has 0 unspecified atom stereocenters. The predicted octanol–water partition coefficient (Wildman–Crippen LogP) is 4.88. The number of benzene rings is 2. The maximum Gasteiger partial charge on any atom is 0.255 e. The fourth-order valence-corrected chi connectivity index (χ4v) is 3.57. The number of nitrogens with two attached hydrogens (primary N) is 1. The Morgan fingerprint density at radius 3 is 2.63 bits per heavy atom. The highest BCUT2D eigenvalue weighted by molar-refractivity contribution is 6.31. The van der Waals surface area contributed by atoms with Gasteiger partial charge in [0.15, 0.2) is 6.61 Å². The Hall–Kier alpha value is -3.51. The van der Waals surface area contributed by atoms with Crippen molar-refractivity contribution in [3.63, 3.8) is 0 Å². The summed E-state index contributed by atoms with van der Waals surface area (Å²) in [7, 11) is 0. The number of rotatable bonds is 6. The standard InChI is InChI=1S/C23H21ClN4O2/c1-14-6-5-7-15(2)21(14)27-23-22(26-20-8-3-4-11-28(20)23)17-12-16(24)9-10-18(17)30-13-19(25)29/h3-12,27H,13H2,1-2H3,(H2,25,29). The lowest BCUT2D eigenvalue weighted by Gasteiger charge is -2.15. The lowest BCUT2D eigenvalue weighted by molar-refractivity contribution is -0.119. The summed E-state index contributed by atoms with van der Waals surface area (Å²) in [5.74, 6) is 0.695. The molecule has 0 aliphatic carbocycles. The number of nitrogens with zero attached hydrogens (tertiary/aromatic N) is 2. The van der Waals surface area contributed by atoms with Crippen LogP contribution in [0.3, 0.4) is 0 Å². The minimum absolute atomic E-state index is 0.234. The molecule has 0 saturated heterocycles. The third kappa shape index (κ3) is 3.82. The number of halogens is 1. The van der Waals surface area contributed by atoms with Crippen molar-refractivity contribution < 1.29 is 9.53 Å². The molecule has 0 radical (unpaired) electrons. The second kappa shape index (κ2) is 8.08. The molecule has 152 valence electrons. The molecule has 2 aromatic heterocycles. The summed E-state index contributed by atoms with van der Waals surface area (Å²) in [6, 6.07) is 17.1. The number of para-hydroxylation sites is 1. The molecular formula is C23H21ClN4O2. The van der Waals surface area contributed by atoms with E-state index in [1.165, 1.54) is 0 Å². The topological polar surface area (TPSA) is 81.6 Å². The number of aromatic nitrogens is 2. The maximum atomic E-state index is 11.3. The highest BCUT2D eigenvalue weighted by atomic mass is 35.5. The van der Waals surface area contributed by atoms with Gasteiger partial charge in [-0.3, -0.25) is 9.20 Å². The molecule has 0 spiro atoms. The third-order valence-electron chi connectivity index (χ3n) is 4.82. The van der Waals surface area contributed by atoms with Crippen LogP contribution < -0.4 is 15.8 Å². The van der Waals surface area contributed by atoms with E-state index in [0.29, 0.717) is 22.0 Å². The molecular weight excluding hydrogens is 400 g/mol. The number of hydrogen-bond acceptors (Lipinski definition) is 4. The molecule has 0 atom stereocenters. The van der Waals surface area contributed by atoms with Gasteiger partial charge in [-0.2, -0.15) is 0 Å². The number of hydrogen-bond donors (Lipinski definition) is 2. The number of carbonyl (C=O) groups is 1. The highest BCUT2D eigenvalue weighted by Gasteiger charge is 2.20. The van der Waals surface area contributed by atoms with Gasteiger partial charge in [0.2, 0.25) is 0 Å². The molecule has 7 heteroatoms. The summed E-state index contributed by atoms with van der Waals surface area (Å²) in [5, 5.41) is 4.09. The van der Waals surface area contributed by atoms with Gasteiger partial charge in [0.1, 0.15) is 22.9 Å². The number of amides is 1. The Labute approximate surface area is 179 Å². The number of nitrogens with one attached hydrogen (secondary N) is 1. The van der Waals surface area contributed by atoms with Crippen LogP contribution in [0, 0.1) is 13.8 Å². The summed E-state index contributed by atoms with van der Waals surface area (Å²) in [5.41, 5.74) is 10.6. The van der Waals surface area contributed by atoms with Crippen LogP contribution in [0.25, 0.3) is 16.9 Å². The Morgan fingerprint density at radius 1 is 1.13 bits per heavy atom. The van der Waals surface area contributed by atoms with Gasteiger partial charge in [-0.05, 0) is 55.3 Å².